The van der Waals surface area contributed by atoms with Crippen LogP contribution in [-0.2, 0) is 0 Å². The first-order valence-electron chi connectivity index (χ1n) is 4.25. The van der Waals surface area contributed by atoms with Crippen molar-refractivity contribution >= 4 is 17.0 Å². The van der Waals surface area contributed by atoms with E-state index in [1.165, 1.54) is 0 Å². The summed E-state index contributed by atoms with van der Waals surface area (Å²) in [7, 11) is 0. The van der Waals surface area contributed by atoms with Crippen molar-refractivity contribution in [1.82, 2.24) is 4.98 Å². The second-order valence-electron chi connectivity index (χ2n) is 3.24. The van der Waals surface area contributed by atoms with Gasteiger partial charge in [0.25, 0.3) is 0 Å². The molecule has 0 saturated heterocycles. The first kappa shape index (κ1) is 8.74. The lowest BCUT2D eigenvalue weighted by Crippen LogP contribution is -2.10. The average molecular weight is 190 g/mol. The molecule has 0 atom stereocenters. The molecule has 2 rings (SSSR count). The van der Waals surface area contributed by atoms with Gasteiger partial charge >= 0.3 is 0 Å². The molecule has 1 aromatic heterocycles. The number of aryl methyl sites for hydroxylation is 2. The zero-order valence-corrected chi connectivity index (χ0v) is 8.00. The van der Waals surface area contributed by atoms with Crippen LogP contribution in [0.2, 0.25) is 0 Å². The minimum absolute atomic E-state index is 0.448. The van der Waals surface area contributed by atoms with Crippen molar-refractivity contribution in [3.8, 4) is 0 Å². The van der Waals surface area contributed by atoms with Crippen molar-refractivity contribution in [3.63, 3.8) is 0 Å². The second kappa shape index (κ2) is 2.83. The van der Waals surface area contributed by atoms with Gasteiger partial charge in [-0.2, -0.15) is 0 Å². The fourth-order valence-electron chi connectivity index (χ4n) is 1.45. The molecule has 0 spiro atoms. The summed E-state index contributed by atoms with van der Waals surface area (Å²) in [5.74, 6) is 0.139. The summed E-state index contributed by atoms with van der Waals surface area (Å²) in [6.45, 7) is 3.63. The fourth-order valence-corrected chi connectivity index (χ4v) is 1.45. The van der Waals surface area contributed by atoms with Crippen LogP contribution in [-0.4, -0.2) is 10.9 Å². The number of primary amides is 1. The Morgan fingerprint density at radius 3 is 2.79 bits per heavy atom. The number of rotatable bonds is 1. The Kier molecular flexibility index (Phi) is 1.77. The van der Waals surface area contributed by atoms with Gasteiger partial charge in [-0.15, -0.1) is 0 Å². The highest BCUT2D eigenvalue weighted by Gasteiger charge is 2.09. The van der Waals surface area contributed by atoms with Gasteiger partial charge in [0.15, 0.2) is 11.5 Å². The molecule has 2 aromatic rings. The monoisotopic (exact) mass is 190 g/mol. The van der Waals surface area contributed by atoms with Crippen molar-refractivity contribution in [3.05, 3.63) is 29.2 Å². The standard InChI is InChI=1S/C10H10N2O2/c1-5-3-7(10(11)13)4-8-9(5)14-6(2)12-8/h3-4H,1-2H3,(H2,11,13). The minimum Gasteiger partial charge on any atom is -0.441 e. The van der Waals surface area contributed by atoms with Crippen molar-refractivity contribution in [2.24, 2.45) is 5.73 Å². The number of oxazole rings is 1. The van der Waals surface area contributed by atoms with E-state index in [0.29, 0.717) is 22.6 Å². The maximum atomic E-state index is 11.0. The number of carbonyl (C=O) groups is 1. The van der Waals surface area contributed by atoms with Crippen molar-refractivity contribution in [2.75, 3.05) is 0 Å². The van der Waals surface area contributed by atoms with E-state index in [9.17, 15) is 4.79 Å². The summed E-state index contributed by atoms with van der Waals surface area (Å²) >= 11 is 0. The molecular weight excluding hydrogens is 180 g/mol. The van der Waals surface area contributed by atoms with Gasteiger partial charge in [0.05, 0.1) is 0 Å². The molecule has 0 saturated carbocycles. The molecule has 14 heavy (non-hydrogen) atoms. The van der Waals surface area contributed by atoms with E-state index in [4.69, 9.17) is 10.2 Å². The van der Waals surface area contributed by atoms with Crippen LogP contribution in [0.4, 0.5) is 0 Å². The molecule has 0 aliphatic carbocycles. The Bertz CT molecular complexity index is 514. The molecule has 1 amide bonds. The van der Waals surface area contributed by atoms with Gasteiger partial charge in [-0.1, -0.05) is 0 Å². The fraction of sp³-hybridized carbons (Fsp3) is 0.200. The van der Waals surface area contributed by atoms with E-state index in [-0.39, 0.29) is 0 Å². The maximum Gasteiger partial charge on any atom is 0.248 e. The van der Waals surface area contributed by atoms with Crippen LogP contribution in [0.5, 0.6) is 0 Å². The summed E-state index contributed by atoms with van der Waals surface area (Å²) in [4.78, 5) is 15.1. The van der Waals surface area contributed by atoms with Gasteiger partial charge in [0, 0.05) is 12.5 Å². The molecule has 0 fully saturated rings. The maximum absolute atomic E-state index is 11.0. The minimum atomic E-state index is -0.448. The summed E-state index contributed by atoms with van der Waals surface area (Å²) < 4.78 is 5.37. The molecule has 0 bridgehead atoms. The van der Waals surface area contributed by atoms with Crippen LogP contribution < -0.4 is 5.73 Å². The molecule has 72 valence electrons. The van der Waals surface area contributed by atoms with E-state index in [2.05, 4.69) is 4.98 Å². The van der Waals surface area contributed by atoms with Crippen molar-refractivity contribution < 1.29 is 9.21 Å². The first-order valence-corrected chi connectivity index (χ1v) is 4.25. The summed E-state index contributed by atoms with van der Waals surface area (Å²) in [5, 5.41) is 0. The Labute approximate surface area is 80.7 Å². The molecule has 0 radical (unpaired) electrons. The average Bonchev–Trinajstić information content (AvgIpc) is 2.45. The van der Waals surface area contributed by atoms with Crippen LogP contribution in [0.1, 0.15) is 21.8 Å². The van der Waals surface area contributed by atoms with Crippen LogP contribution in [0.15, 0.2) is 16.5 Å². The zero-order chi connectivity index (χ0) is 10.3. The van der Waals surface area contributed by atoms with Gasteiger partial charge in [0.1, 0.15) is 5.52 Å². The smallest absolute Gasteiger partial charge is 0.248 e. The van der Waals surface area contributed by atoms with E-state index >= 15 is 0 Å². The molecule has 1 heterocycles. The third-order valence-corrected chi connectivity index (χ3v) is 2.07. The van der Waals surface area contributed by atoms with Gasteiger partial charge in [0.2, 0.25) is 5.91 Å². The van der Waals surface area contributed by atoms with E-state index in [1.54, 1.807) is 19.1 Å². The van der Waals surface area contributed by atoms with Gasteiger partial charge in [-0.3, -0.25) is 4.79 Å². The molecular formula is C10H10N2O2. The lowest BCUT2D eigenvalue weighted by molar-refractivity contribution is 0.100. The summed E-state index contributed by atoms with van der Waals surface area (Å²) in [6, 6.07) is 3.34. The Balaban J connectivity index is 2.77. The number of fused-ring (bicyclic) bond motifs is 1. The molecule has 0 aliphatic heterocycles. The third-order valence-electron chi connectivity index (χ3n) is 2.07. The summed E-state index contributed by atoms with van der Waals surface area (Å²) in [6.07, 6.45) is 0. The number of aromatic nitrogens is 1. The Morgan fingerprint density at radius 2 is 2.14 bits per heavy atom. The lowest BCUT2D eigenvalue weighted by atomic mass is 10.1. The SMILES string of the molecule is Cc1nc2cc(C(N)=O)cc(C)c2o1. The molecule has 4 nitrogen and oxygen atoms in total. The second-order valence-corrected chi connectivity index (χ2v) is 3.24. The number of hydrogen-bond donors (Lipinski definition) is 1. The van der Waals surface area contributed by atoms with Gasteiger partial charge in [-0.25, -0.2) is 4.98 Å². The van der Waals surface area contributed by atoms with Gasteiger partial charge in [-0.05, 0) is 24.6 Å². The van der Waals surface area contributed by atoms with Crippen LogP contribution in [0.25, 0.3) is 11.1 Å². The first-order chi connectivity index (χ1) is 6.58. The predicted molar refractivity (Wildman–Crippen MR) is 52.0 cm³/mol. The largest absolute Gasteiger partial charge is 0.441 e. The number of carbonyl (C=O) groups excluding carboxylic acids is 1. The molecule has 0 aliphatic rings. The highest BCUT2D eigenvalue weighted by Crippen LogP contribution is 2.21. The van der Waals surface area contributed by atoms with Crippen molar-refractivity contribution in [1.29, 1.82) is 0 Å². The van der Waals surface area contributed by atoms with Crippen LogP contribution in [0, 0.1) is 13.8 Å². The predicted octanol–water partition coefficient (Wildman–Crippen LogP) is 1.54. The number of nitrogens with two attached hydrogens (primary N) is 1. The highest BCUT2D eigenvalue weighted by atomic mass is 16.3. The number of nitrogens with zero attached hydrogens (tertiary/aromatic N) is 1. The zero-order valence-electron chi connectivity index (χ0n) is 8.00. The quantitative estimate of drug-likeness (QED) is 0.741. The van der Waals surface area contributed by atoms with Crippen LogP contribution in [0.3, 0.4) is 0 Å². The number of amides is 1. The third kappa shape index (κ3) is 1.25. The molecule has 1 aromatic carbocycles. The molecule has 2 N–H and O–H groups in total. The van der Waals surface area contributed by atoms with Gasteiger partial charge < -0.3 is 10.2 Å². The normalized spacial score (nSPS) is 10.7. The van der Waals surface area contributed by atoms with E-state index < -0.39 is 5.91 Å². The summed E-state index contributed by atoms with van der Waals surface area (Å²) in [5.41, 5.74) is 7.91. The molecule has 4 heteroatoms. The Hall–Kier alpha value is -1.84. The topological polar surface area (TPSA) is 69.1 Å². The van der Waals surface area contributed by atoms with Crippen LogP contribution >= 0.6 is 0 Å². The van der Waals surface area contributed by atoms with Crippen molar-refractivity contribution in [2.45, 2.75) is 13.8 Å². The lowest BCUT2D eigenvalue weighted by Gasteiger charge is -1.97. The van der Waals surface area contributed by atoms with E-state index in [0.717, 1.165) is 5.56 Å². The number of benzene rings is 1. The number of hydrogen-bond acceptors (Lipinski definition) is 3. The van der Waals surface area contributed by atoms with E-state index in [1.807, 2.05) is 6.92 Å². The highest BCUT2D eigenvalue weighted by molar-refractivity contribution is 5.96. The Morgan fingerprint density at radius 1 is 1.43 bits per heavy atom. The molecule has 0 unspecified atom stereocenters.